The van der Waals surface area contributed by atoms with Crippen molar-refractivity contribution in [3.05, 3.63) is 17.5 Å². The van der Waals surface area contributed by atoms with Crippen molar-refractivity contribution in [2.75, 3.05) is 20.2 Å². The average molecular weight is 249 g/mol. The Balaban J connectivity index is 1.48. The van der Waals surface area contributed by atoms with E-state index >= 15 is 0 Å². The SMILES string of the molecule is CN(Cc1cc(C2CC2)n[nH]1)CC1CCCCO1. The van der Waals surface area contributed by atoms with Crippen LogP contribution in [0.2, 0.25) is 0 Å². The third kappa shape index (κ3) is 3.12. The van der Waals surface area contributed by atoms with Gasteiger partial charge in [0.2, 0.25) is 0 Å². The van der Waals surface area contributed by atoms with Gasteiger partial charge in [-0.05, 0) is 45.2 Å². The van der Waals surface area contributed by atoms with E-state index in [1.807, 2.05) is 0 Å². The van der Waals surface area contributed by atoms with E-state index in [1.165, 1.54) is 43.5 Å². The normalized spacial score (nSPS) is 24.7. The molecule has 1 aliphatic carbocycles. The van der Waals surface area contributed by atoms with Crippen LogP contribution in [0.25, 0.3) is 0 Å². The summed E-state index contributed by atoms with van der Waals surface area (Å²) in [6.45, 7) is 2.91. The van der Waals surface area contributed by atoms with E-state index in [0.29, 0.717) is 6.10 Å². The Morgan fingerprint density at radius 1 is 1.39 bits per heavy atom. The van der Waals surface area contributed by atoms with Gasteiger partial charge in [-0.25, -0.2) is 0 Å². The number of hydrogen-bond acceptors (Lipinski definition) is 3. The third-order valence-electron chi connectivity index (χ3n) is 3.88. The highest BCUT2D eigenvalue weighted by Gasteiger charge is 2.26. The maximum absolute atomic E-state index is 5.77. The minimum atomic E-state index is 0.426. The fourth-order valence-electron chi connectivity index (χ4n) is 2.70. The lowest BCUT2D eigenvalue weighted by Gasteiger charge is -2.27. The molecule has 0 bridgehead atoms. The van der Waals surface area contributed by atoms with Crippen molar-refractivity contribution >= 4 is 0 Å². The highest BCUT2D eigenvalue weighted by Crippen LogP contribution is 2.39. The van der Waals surface area contributed by atoms with E-state index < -0.39 is 0 Å². The van der Waals surface area contributed by atoms with Gasteiger partial charge in [-0.2, -0.15) is 5.10 Å². The van der Waals surface area contributed by atoms with Crippen molar-refractivity contribution in [1.29, 1.82) is 0 Å². The molecule has 4 nitrogen and oxygen atoms in total. The van der Waals surface area contributed by atoms with E-state index in [2.05, 4.69) is 28.2 Å². The minimum Gasteiger partial charge on any atom is -0.377 e. The zero-order chi connectivity index (χ0) is 12.4. The summed E-state index contributed by atoms with van der Waals surface area (Å²) < 4.78 is 5.77. The van der Waals surface area contributed by atoms with Crippen LogP contribution < -0.4 is 0 Å². The summed E-state index contributed by atoms with van der Waals surface area (Å²) in [5.74, 6) is 0.738. The molecule has 0 spiro atoms. The monoisotopic (exact) mass is 249 g/mol. The molecule has 1 aromatic rings. The van der Waals surface area contributed by atoms with Crippen LogP contribution in [0.15, 0.2) is 6.07 Å². The van der Waals surface area contributed by atoms with Gasteiger partial charge in [0.15, 0.2) is 0 Å². The Morgan fingerprint density at radius 3 is 3.00 bits per heavy atom. The predicted molar refractivity (Wildman–Crippen MR) is 70.5 cm³/mol. The van der Waals surface area contributed by atoms with Crippen molar-refractivity contribution in [3.8, 4) is 0 Å². The number of hydrogen-bond donors (Lipinski definition) is 1. The standard InChI is InChI=1S/C14H23N3O/c1-17(10-13-4-2-3-7-18-13)9-12-8-14(16-15-12)11-5-6-11/h8,11,13H,2-7,9-10H2,1H3,(H,15,16). The van der Waals surface area contributed by atoms with Gasteiger partial charge in [-0.3, -0.25) is 10.00 Å². The van der Waals surface area contributed by atoms with Gasteiger partial charge in [0.1, 0.15) is 0 Å². The summed E-state index contributed by atoms with van der Waals surface area (Å²) >= 11 is 0. The molecule has 0 radical (unpaired) electrons. The lowest BCUT2D eigenvalue weighted by molar-refractivity contribution is -0.00274. The molecule has 3 rings (SSSR count). The van der Waals surface area contributed by atoms with Crippen LogP contribution in [-0.2, 0) is 11.3 Å². The summed E-state index contributed by atoms with van der Waals surface area (Å²) in [5.41, 5.74) is 2.49. The maximum atomic E-state index is 5.77. The van der Waals surface area contributed by atoms with Gasteiger partial charge in [0.05, 0.1) is 11.8 Å². The highest BCUT2D eigenvalue weighted by atomic mass is 16.5. The Kier molecular flexibility index (Phi) is 3.66. The van der Waals surface area contributed by atoms with Gasteiger partial charge < -0.3 is 4.74 Å². The predicted octanol–water partition coefficient (Wildman–Crippen LogP) is 2.29. The van der Waals surface area contributed by atoms with Gasteiger partial charge in [-0.1, -0.05) is 0 Å². The average Bonchev–Trinajstić information content (AvgIpc) is 3.12. The van der Waals surface area contributed by atoms with E-state index in [0.717, 1.165) is 25.6 Å². The molecule has 1 N–H and O–H groups in total. The van der Waals surface area contributed by atoms with Gasteiger partial charge in [0, 0.05) is 31.3 Å². The molecule has 2 heterocycles. The summed E-state index contributed by atoms with van der Waals surface area (Å²) in [6, 6.07) is 2.23. The number of likely N-dealkylation sites (N-methyl/N-ethyl adjacent to an activating group) is 1. The Morgan fingerprint density at radius 2 is 2.28 bits per heavy atom. The second-order valence-corrected chi connectivity index (χ2v) is 5.78. The number of rotatable bonds is 5. The first-order chi connectivity index (χ1) is 8.81. The maximum Gasteiger partial charge on any atom is 0.0702 e. The molecule has 1 unspecified atom stereocenters. The van der Waals surface area contributed by atoms with Crippen LogP contribution in [0.5, 0.6) is 0 Å². The van der Waals surface area contributed by atoms with Gasteiger partial charge in [0.25, 0.3) is 0 Å². The third-order valence-corrected chi connectivity index (χ3v) is 3.88. The minimum absolute atomic E-state index is 0.426. The molecule has 1 atom stereocenters. The quantitative estimate of drug-likeness (QED) is 0.870. The highest BCUT2D eigenvalue weighted by molar-refractivity contribution is 5.17. The molecule has 100 valence electrons. The van der Waals surface area contributed by atoms with Crippen molar-refractivity contribution < 1.29 is 4.74 Å². The Labute approximate surface area is 109 Å². The van der Waals surface area contributed by atoms with Crippen LogP contribution in [0, 0.1) is 0 Å². The topological polar surface area (TPSA) is 41.2 Å². The summed E-state index contributed by atoms with van der Waals surface area (Å²) in [7, 11) is 2.16. The fourth-order valence-corrected chi connectivity index (χ4v) is 2.70. The smallest absolute Gasteiger partial charge is 0.0702 e. The molecule has 2 fully saturated rings. The fraction of sp³-hybridized carbons (Fsp3) is 0.786. The number of H-pyrrole nitrogens is 1. The largest absolute Gasteiger partial charge is 0.377 e. The van der Waals surface area contributed by atoms with E-state index in [9.17, 15) is 0 Å². The second kappa shape index (κ2) is 5.41. The number of ether oxygens (including phenoxy) is 1. The molecular weight excluding hydrogens is 226 g/mol. The van der Waals surface area contributed by atoms with E-state index in [-0.39, 0.29) is 0 Å². The summed E-state index contributed by atoms with van der Waals surface area (Å²) in [4.78, 5) is 2.33. The first-order valence-corrected chi connectivity index (χ1v) is 7.15. The lowest BCUT2D eigenvalue weighted by atomic mass is 10.1. The molecule has 1 saturated heterocycles. The molecule has 1 aliphatic heterocycles. The zero-order valence-electron chi connectivity index (χ0n) is 11.2. The first-order valence-electron chi connectivity index (χ1n) is 7.15. The van der Waals surface area contributed by atoms with Crippen molar-refractivity contribution in [2.24, 2.45) is 0 Å². The number of aromatic nitrogens is 2. The summed E-state index contributed by atoms with van der Waals surface area (Å²) in [5, 5.41) is 7.56. The van der Waals surface area contributed by atoms with Crippen LogP contribution in [-0.4, -0.2) is 41.4 Å². The first kappa shape index (κ1) is 12.2. The molecular formula is C14H23N3O. The van der Waals surface area contributed by atoms with E-state index in [4.69, 9.17) is 4.74 Å². The van der Waals surface area contributed by atoms with Crippen LogP contribution >= 0.6 is 0 Å². The van der Waals surface area contributed by atoms with Gasteiger partial charge in [-0.15, -0.1) is 0 Å². The van der Waals surface area contributed by atoms with Crippen LogP contribution in [0.1, 0.15) is 49.4 Å². The van der Waals surface area contributed by atoms with Crippen molar-refractivity contribution in [1.82, 2.24) is 15.1 Å². The molecule has 18 heavy (non-hydrogen) atoms. The molecule has 1 saturated carbocycles. The van der Waals surface area contributed by atoms with Crippen molar-refractivity contribution in [3.63, 3.8) is 0 Å². The molecule has 1 aromatic heterocycles. The van der Waals surface area contributed by atoms with Crippen molar-refractivity contribution in [2.45, 2.75) is 50.7 Å². The number of nitrogens with one attached hydrogen (secondary N) is 1. The molecule has 0 aromatic carbocycles. The van der Waals surface area contributed by atoms with Crippen LogP contribution in [0.4, 0.5) is 0 Å². The second-order valence-electron chi connectivity index (χ2n) is 5.78. The van der Waals surface area contributed by atoms with Gasteiger partial charge >= 0.3 is 0 Å². The summed E-state index contributed by atoms with van der Waals surface area (Å²) in [6.07, 6.45) is 6.81. The molecule has 2 aliphatic rings. The number of aromatic amines is 1. The Bertz CT molecular complexity index is 380. The number of nitrogens with zero attached hydrogens (tertiary/aromatic N) is 2. The van der Waals surface area contributed by atoms with Crippen LogP contribution in [0.3, 0.4) is 0 Å². The van der Waals surface area contributed by atoms with E-state index in [1.54, 1.807) is 0 Å². The Hall–Kier alpha value is -0.870. The molecule has 0 amide bonds. The lowest BCUT2D eigenvalue weighted by Crippen LogP contribution is -2.33. The zero-order valence-corrected chi connectivity index (χ0v) is 11.2. The molecule has 4 heteroatoms.